The Morgan fingerprint density at radius 3 is 2.23 bits per heavy atom. The van der Waals surface area contributed by atoms with E-state index in [0.717, 1.165) is 18.4 Å². The number of amides is 1. The van der Waals surface area contributed by atoms with Crippen LogP contribution in [0.25, 0.3) is 0 Å². The fourth-order valence-corrected chi connectivity index (χ4v) is 2.82. The first kappa shape index (κ1) is 14.8. The number of aliphatic hydroxyl groups excluding tert-OH is 1. The Hall–Kier alpha value is -2.13. The van der Waals surface area contributed by atoms with Gasteiger partial charge < -0.3 is 10.4 Å². The summed E-state index contributed by atoms with van der Waals surface area (Å²) in [5.41, 5.74) is 2.18. The van der Waals surface area contributed by atoms with Crippen molar-refractivity contribution in [2.75, 3.05) is 6.54 Å². The van der Waals surface area contributed by atoms with Crippen molar-refractivity contribution in [3.05, 3.63) is 71.8 Å². The monoisotopic (exact) mass is 295 g/mol. The molecule has 1 fully saturated rings. The number of hydrogen-bond acceptors (Lipinski definition) is 2. The van der Waals surface area contributed by atoms with Gasteiger partial charge in [-0.15, -0.1) is 0 Å². The molecule has 0 aromatic heterocycles. The van der Waals surface area contributed by atoms with Gasteiger partial charge in [0.25, 0.3) is 0 Å². The summed E-state index contributed by atoms with van der Waals surface area (Å²) < 4.78 is 0. The summed E-state index contributed by atoms with van der Waals surface area (Å²) in [6, 6.07) is 19.6. The summed E-state index contributed by atoms with van der Waals surface area (Å²) in [7, 11) is 0. The molecular weight excluding hydrogens is 274 g/mol. The molecule has 3 rings (SSSR count). The number of rotatable bonds is 6. The summed E-state index contributed by atoms with van der Waals surface area (Å²) in [4.78, 5) is 12.1. The van der Waals surface area contributed by atoms with E-state index in [0.29, 0.717) is 6.54 Å². The average molecular weight is 295 g/mol. The predicted molar refractivity (Wildman–Crippen MR) is 86.4 cm³/mol. The second-order valence-corrected chi connectivity index (χ2v) is 6.05. The van der Waals surface area contributed by atoms with Crippen molar-refractivity contribution in [3.63, 3.8) is 0 Å². The maximum Gasteiger partial charge on any atom is 0.222 e. The van der Waals surface area contributed by atoms with Crippen LogP contribution in [0.1, 0.15) is 36.5 Å². The molecule has 1 unspecified atom stereocenters. The van der Waals surface area contributed by atoms with Crippen LogP contribution in [0.5, 0.6) is 0 Å². The molecule has 3 heteroatoms. The van der Waals surface area contributed by atoms with Gasteiger partial charge in [0.15, 0.2) is 0 Å². The zero-order valence-electron chi connectivity index (χ0n) is 12.5. The fraction of sp³-hybridized carbons (Fsp3) is 0.316. The minimum Gasteiger partial charge on any atom is -0.388 e. The summed E-state index contributed by atoms with van der Waals surface area (Å²) in [5, 5.41) is 13.1. The molecule has 1 aliphatic rings. The molecular formula is C19H21NO2. The van der Waals surface area contributed by atoms with E-state index in [4.69, 9.17) is 0 Å². The van der Waals surface area contributed by atoms with Crippen LogP contribution in [0.15, 0.2) is 60.7 Å². The van der Waals surface area contributed by atoms with Gasteiger partial charge in [-0.1, -0.05) is 60.7 Å². The van der Waals surface area contributed by atoms with Crippen LogP contribution in [-0.4, -0.2) is 17.6 Å². The molecule has 0 aliphatic heterocycles. The van der Waals surface area contributed by atoms with Gasteiger partial charge in [-0.3, -0.25) is 4.79 Å². The number of hydrogen-bond donors (Lipinski definition) is 2. The maximum atomic E-state index is 12.1. The number of aliphatic hydroxyl groups is 1. The number of benzene rings is 2. The van der Waals surface area contributed by atoms with Crippen molar-refractivity contribution < 1.29 is 9.90 Å². The van der Waals surface area contributed by atoms with Crippen LogP contribution < -0.4 is 5.32 Å². The van der Waals surface area contributed by atoms with E-state index >= 15 is 0 Å². The molecule has 1 saturated carbocycles. The van der Waals surface area contributed by atoms with Crippen LogP contribution in [0.4, 0.5) is 0 Å². The molecule has 2 aromatic rings. The maximum absolute atomic E-state index is 12.1. The molecule has 1 atom stereocenters. The van der Waals surface area contributed by atoms with E-state index in [-0.39, 0.29) is 17.7 Å². The van der Waals surface area contributed by atoms with Gasteiger partial charge in [-0.2, -0.15) is 0 Å². The highest BCUT2D eigenvalue weighted by molar-refractivity contribution is 5.76. The molecule has 0 radical (unpaired) electrons. The number of nitrogens with one attached hydrogen (secondary N) is 1. The van der Waals surface area contributed by atoms with Crippen molar-refractivity contribution in [2.45, 2.75) is 30.8 Å². The fourth-order valence-electron chi connectivity index (χ4n) is 2.82. The third-order valence-electron chi connectivity index (χ3n) is 4.43. The standard InChI is InChI=1S/C19H21NO2/c21-17(15-7-3-1-4-8-15)13-18(22)20-14-19(11-12-19)16-9-5-2-6-10-16/h1-10,17,21H,11-14H2,(H,20,22). The second-order valence-electron chi connectivity index (χ2n) is 6.05. The Labute approximate surface area is 131 Å². The minimum atomic E-state index is -0.743. The van der Waals surface area contributed by atoms with Crippen LogP contribution in [0.2, 0.25) is 0 Å². The first-order valence-corrected chi connectivity index (χ1v) is 7.75. The molecule has 2 aromatic carbocycles. The number of carbonyl (C=O) groups excluding carboxylic acids is 1. The molecule has 2 N–H and O–H groups in total. The van der Waals surface area contributed by atoms with Crippen LogP contribution in [0.3, 0.4) is 0 Å². The molecule has 0 heterocycles. The van der Waals surface area contributed by atoms with Crippen molar-refractivity contribution in [2.24, 2.45) is 0 Å². The lowest BCUT2D eigenvalue weighted by atomic mass is 9.96. The molecule has 3 nitrogen and oxygen atoms in total. The smallest absolute Gasteiger partial charge is 0.222 e. The van der Waals surface area contributed by atoms with Gasteiger partial charge in [0, 0.05) is 12.0 Å². The van der Waals surface area contributed by atoms with E-state index in [1.807, 2.05) is 48.5 Å². The zero-order valence-corrected chi connectivity index (χ0v) is 12.5. The molecule has 1 amide bonds. The van der Waals surface area contributed by atoms with Gasteiger partial charge in [-0.25, -0.2) is 0 Å². The Kier molecular flexibility index (Phi) is 4.25. The average Bonchev–Trinajstić information content (AvgIpc) is 3.36. The van der Waals surface area contributed by atoms with Gasteiger partial charge in [0.2, 0.25) is 5.91 Å². The van der Waals surface area contributed by atoms with Gasteiger partial charge in [0.1, 0.15) is 0 Å². The number of carbonyl (C=O) groups is 1. The lowest BCUT2D eigenvalue weighted by Gasteiger charge is -2.17. The third kappa shape index (κ3) is 3.37. The van der Waals surface area contributed by atoms with E-state index in [9.17, 15) is 9.90 Å². The lowest BCUT2D eigenvalue weighted by Crippen LogP contribution is -2.33. The summed E-state index contributed by atoms with van der Waals surface area (Å²) in [6.07, 6.45) is 1.58. The lowest BCUT2D eigenvalue weighted by molar-refractivity contribution is -0.123. The van der Waals surface area contributed by atoms with E-state index in [1.165, 1.54) is 5.56 Å². The quantitative estimate of drug-likeness (QED) is 0.861. The minimum absolute atomic E-state index is 0.0986. The summed E-state index contributed by atoms with van der Waals surface area (Å²) >= 11 is 0. The highest BCUT2D eigenvalue weighted by atomic mass is 16.3. The first-order chi connectivity index (χ1) is 10.7. The first-order valence-electron chi connectivity index (χ1n) is 7.75. The Morgan fingerprint density at radius 2 is 1.64 bits per heavy atom. The topological polar surface area (TPSA) is 49.3 Å². The van der Waals surface area contributed by atoms with Crippen LogP contribution in [0, 0.1) is 0 Å². The predicted octanol–water partition coefficient (Wildman–Crippen LogP) is 2.96. The van der Waals surface area contributed by atoms with Gasteiger partial charge in [-0.05, 0) is 24.0 Å². The zero-order chi connectivity index (χ0) is 15.4. The molecule has 22 heavy (non-hydrogen) atoms. The highest BCUT2D eigenvalue weighted by Gasteiger charge is 2.44. The highest BCUT2D eigenvalue weighted by Crippen LogP contribution is 2.47. The Balaban J connectivity index is 1.53. The second kappa shape index (κ2) is 6.32. The molecule has 0 bridgehead atoms. The molecule has 0 spiro atoms. The normalized spacial score (nSPS) is 16.8. The summed E-state index contributed by atoms with van der Waals surface area (Å²) in [5.74, 6) is -0.0986. The summed E-state index contributed by atoms with van der Waals surface area (Å²) in [6.45, 7) is 0.650. The third-order valence-corrected chi connectivity index (χ3v) is 4.43. The molecule has 114 valence electrons. The SMILES string of the molecule is O=C(CC(O)c1ccccc1)NCC1(c2ccccc2)CC1. The van der Waals surface area contributed by atoms with Gasteiger partial charge >= 0.3 is 0 Å². The molecule has 1 aliphatic carbocycles. The van der Waals surface area contributed by atoms with Crippen molar-refractivity contribution >= 4 is 5.91 Å². The van der Waals surface area contributed by atoms with Crippen molar-refractivity contribution in [1.82, 2.24) is 5.32 Å². The van der Waals surface area contributed by atoms with Crippen molar-refractivity contribution in [3.8, 4) is 0 Å². The van der Waals surface area contributed by atoms with Crippen LogP contribution >= 0.6 is 0 Å². The Bertz CT molecular complexity index is 620. The van der Waals surface area contributed by atoms with Crippen molar-refractivity contribution in [1.29, 1.82) is 0 Å². The molecule has 0 saturated heterocycles. The largest absolute Gasteiger partial charge is 0.388 e. The van der Waals surface area contributed by atoms with E-state index in [2.05, 4.69) is 17.4 Å². The van der Waals surface area contributed by atoms with Gasteiger partial charge in [0.05, 0.1) is 12.5 Å². The van der Waals surface area contributed by atoms with E-state index < -0.39 is 6.10 Å². The Morgan fingerprint density at radius 1 is 1.05 bits per heavy atom. The van der Waals surface area contributed by atoms with E-state index in [1.54, 1.807) is 0 Å². The van der Waals surface area contributed by atoms with Crippen LogP contribution in [-0.2, 0) is 10.2 Å².